The van der Waals surface area contributed by atoms with Crippen LogP contribution in [-0.4, -0.2) is 67.2 Å². The Morgan fingerprint density at radius 2 is 1.81 bits per heavy atom. The Balaban J connectivity index is 1.26. The summed E-state index contributed by atoms with van der Waals surface area (Å²) in [5.74, 6) is 0.367. The number of hydrogen-bond acceptors (Lipinski definition) is 5. The molecule has 1 aliphatic rings. The zero-order chi connectivity index (χ0) is 21.9. The maximum absolute atomic E-state index is 12.0. The van der Waals surface area contributed by atoms with Gasteiger partial charge in [-0.2, -0.15) is 0 Å². The predicted molar refractivity (Wildman–Crippen MR) is 124 cm³/mol. The fraction of sp³-hybridized carbons (Fsp3) is 0.400. The predicted octanol–water partition coefficient (Wildman–Crippen LogP) is 3.13. The van der Waals surface area contributed by atoms with E-state index >= 15 is 0 Å². The summed E-state index contributed by atoms with van der Waals surface area (Å²) >= 11 is 0. The highest BCUT2D eigenvalue weighted by atomic mass is 16.5. The van der Waals surface area contributed by atoms with Crippen LogP contribution in [0.1, 0.15) is 24.0 Å². The number of methoxy groups -OCH3 is 1. The second kappa shape index (κ2) is 12.1. The van der Waals surface area contributed by atoms with Gasteiger partial charge in [-0.15, -0.1) is 0 Å². The van der Waals surface area contributed by atoms with E-state index in [0.717, 1.165) is 57.7 Å². The van der Waals surface area contributed by atoms with Gasteiger partial charge in [0, 0.05) is 45.3 Å². The van der Waals surface area contributed by atoms with Crippen LogP contribution in [0.2, 0.25) is 0 Å². The van der Waals surface area contributed by atoms with Gasteiger partial charge < -0.3 is 20.1 Å². The number of aromatic hydroxyl groups is 1. The van der Waals surface area contributed by atoms with E-state index < -0.39 is 0 Å². The summed E-state index contributed by atoms with van der Waals surface area (Å²) < 4.78 is 5.08. The second-order valence-corrected chi connectivity index (χ2v) is 7.87. The van der Waals surface area contributed by atoms with Crippen LogP contribution in [0.15, 0.2) is 54.6 Å². The molecule has 1 aliphatic heterocycles. The van der Waals surface area contributed by atoms with Gasteiger partial charge in [0.15, 0.2) is 11.5 Å². The summed E-state index contributed by atoms with van der Waals surface area (Å²) in [6.07, 6.45) is 5.28. The molecule has 1 amide bonds. The highest BCUT2D eigenvalue weighted by Crippen LogP contribution is 2.26. The van der Waals surface area contributed by atoms with Crippen LogP contribution >= 0.6 is 0 Å². The molecule has 0 aliphatic carbocycles. The van der Waals surface area contributed by atoms with Crippen molar-refractivity contribution in [1.29, 1.82) is 0 Å². The highest BCUT2D eigenvalue weighted by molar-refractivity contribution is 5.91. The van der Waals surface area contributed by atoms with Crippen molar-refractivity contribution in [3.63, 3.8) is 0 Å². The maximum Gasteiger partial charge on any atom is 0.243 e. The Bertz CT molecular complexity index is 846. The first-order chi connectivity index (χ1) is 15.1. The Hall–Kier alpha value is -2.83. The van der Waals surface area contributed by atoms with Crippen LogP contribution < -0.4 is 10.1 Å². The van der Waals surface area contributed by atoms with E-state index in [0.29, 0.717) is 12.3 Å². The molecule has 1 heterocycles. The van der Waals surface area contributed by atoms with Gasteiger partial charge >= 0.3 is 0 Å². The number of unbranched alkanes of at least 4 members (excludes halogenated alkanes) is 1. The smallest absolute Gasteiger partial charge is 0.243 e. The van der Waals surface area contributed by atoms with Crippen molar-refractivity contribution in [2.45, 2.75) is 19.4 Å². The number of phenolic OH excluding ortho intramolecular Hbond substituents is 1. The molecule has 6 nitrogen and oxygen atoms in total. The van der Waals surface area contributed by atoms with E-state index in [1.807, 2.05) is 0 Å². The fourth-order valence-electron chi connectivity index (χ4n) is 3.71. The van der Waals surface area contributed by atoms with Gasteiger partial charge in [0.1, 0.15) is 0 Å². The molecule has 2 N–H and O–H groups in total. The van der Waals surface area contributed by atoms with Gasteiger partial charge in [0.05, 0.1) is 7.11 Å². The lowest BCUT2D eigenvalue weighted by Gasteiger charge is -2.34. The summed E-state index contributed by atoms with van der Waals surface area (Å²) in [5.41, 5.74) is 2.18. The van der Waals surface area contributed by atoms with Crippen LogP contribution in [0.5, 0.6) is 11.5 Å². The van der Waals surface area contributed by atoms with E-state index in [9.17, 15) is 9.90 Å². The first kappa shape index (κ1) is 22.8. The number of benzene rings is 2. The first-order valence-corrected chi connectivity index (χ1v) is 11.0. The van der Waals surface area contributed by atoms with Crippen LogP contribution in [0.3, 0.4) is 0 Å². The minimum atomic E-state index is -0.110. The fourth-order valence-corrected chi connectivity index (χ4v) is 3.71. The average molecular weight is 424 g/mol. The van der Waals surface area contributed by atoms with Crippen LogP contribution in [-0.2, 0) is 11.3 Å². The van der Waals surface area contributed by atoms with E-state index in [4.69, 9.17) is 4.74 Å². The molecule has 31 heavy (non-hydrogen) atoms. The molecule has 0 bridgehead atoms. The number of amides is 1. The molecular weight excluding hydrogens is 390 g/mol. The minimum Gasteiger partial charge on any atom is -0.504 e. The third-order valence-corrected chi connectivity index (χ3v) is 5.55. The lowest BCUT2D eigenvalue weighted by molar-refractivity contribution is -0.116. The molecule has 0 spiro atoms. The van der Waals surface area contributed by atoms with Gasteiger partial charge in [-0.05, 0) is 48.7 Å². The Labute approximate surface area is 185 Å². The molecule has 1 saturated heterocycles. The number of nitrogens with one attached hydrogen (secondary N) is 1. The van der Waals surface area contributed by atoms with Crippen LogP contribution in [0, 0.1) is 0 Å². The number of ether oxygens (including phenoxy) is 1. The van der Waals surface area contributed by atoms with Crippen molar-refractivity contribution in [3.05, 3.63) is 65.7 Å². The molecule has 0 unspecified atom stereocenters. The first-order valence-electron chi connectivity index (χ1n) is 11.0. The number of carbonyl (C=O) groups excluding carboxylic acids is 1. The summed E-state index contributed by atoms with van der Waals surface area (Å²) in [6, 6.07) is 15.6. The molecule has 0 radical (unpaired) electrons. The Morgan fingerprint density at radius 3 is 2.55 bits per heavy atom. The van der Waals surface area contributed by atoms with Crippen molar-refractivity contribution in [1.82, 2.24) is 15.1 Å². The molecule has 1 fully saturated rings. The van der Waals surface area contributed by atoms with E-state index in [1.165, 1.54) is 18.7 Å². The standard InChI is InChI=1S/C25H33N3O3/c1-31-24-19-21(9-11-23(24)29)10-12-25(30)26-13-5-6-14-27-15-17-28(18-16-27)20-22-7-3-2-4-8-22/h2-4,7-12,19,29H,5-6,13-18,20H2,1H3,(H,26,30)/b12-10+. The van der Waals surface area contributed by atoms with Crippen molar-refractivity contribution in [2.24, 2.45) is 0 Å². The van der Waals surface area contributed by atoms with Gasteiger partial charge in [-0.25, -0.2) is 0 Å². The topological polar surface area (TPSA) is 65.0 Å². The third kappa shape index (κ3) is 7.74. The molecule has 166 valence electrons. The quantitative estimate of drug-likeness (QED) is 0.454. The molecule has 2 aromatic rings. The normalized spacial score (nSPS) is 15.3. The largest absolute Gasteiger partial charge is 0.504 e. The lowest BCUT2D eigenvalue weighted by Crippen LogP contribution is -2.46. The lowest BCUT2D eigenvalue weighted by atomic mass is 10.2. The molecular formula is C25H33N3O3. The van der Waals surface area contributed by atoms with Crippen LogP contribution in [0.4, 0.5) is 0 Å². The molecule has 0 atom stereocenters. The summed E-state index contributed by atoms with van der Waals surface area (Å²) in [5, 5.41) is 12.5. The number of phenols is 1. The zero-order valence-corrected chi connectivity index (χ0v) is 18.3. The van der Waals surface area contributed by atoms with Gasteiger partial charge in [-0.3, -0.25) is 9.69 Å². The average Bonchev–Trinajstić information content (AvgIpc) is 2.80. The van der Waals surface area contributed by atoms with Crippen molar-refractivity contribution in [3.8, 4) is 11.5 Å². The number of piperazine rings is 1. The van der Waals surface area contributed by atoms with Crippen molar-refractivity contribution in [2.75, 3.05) is 46.4 Å². The molecule has 0 saturated carbocycles. The highest BCUT2D eigenvalue weighted by Gasteiger charge is 2.16. The van der Waals surface area contributed by atoms with Crippen molar-refractivity contribution >= 4 is 12.0 Å². The maximum atomic E-state index is 12.0. The van der Waals surface area contributed by atoms with Crippen molar-refractivity contribution < 1.29 is 14.6 Å². The SMILES string of the molecule is COc1cc(/C=C/C(=O)NCCCCN2CCN(Cc3ccccc3)CC2)ccc1O. The van der Waals surface area contributed by atoms with E-state index in [-0.39, 0.29) is 11.7 Å². The summed E-state index contributed by atoms with van der Waals surface area (Å²) in [4.78, 5) is 17.0. The minimum absolute atomic E-state index is 0.0849. The zero-order valence-electron chi connectivity index (χ0n) is 18.3. The summed E-state index contributed by atoms with van der Waals surface area (Å²) in [7, 11) is 1.50. The number of hydrogen-bond donors (Lipinski definition) is 2. The number of carbonyl (C=O) groups is 1. The Morgan fingerprint density at radius 1 is 1.06 bits per heavy atom. The molecule has 3 rings (SSSR count). The van der Waals surface area contributed by atoms with Gasteiger partial charge in [-0.1, -0.05) is 36.4 Å². The molecule has 6 heteroatoms. The third-order valence-electron chi connectivity index (χ3n) is 5.55. The van der Waals surface area contributed by atoms with Crippen LogP contribution in [0.25, 0.3) is 6.08 Å². The summed E-state index contributed by atoms with van der Waals surface area (Å²) in [6.45, 7) is 7.23. The molecule has 0 aromatic heterocycles. The van der Waals surface area contributed by atoms with E-state index in [1.54, 1.807) is 24.3 Å². The van der Waals surface area contributed by atoms with Gasteiger partial charge in [0.2, 0.25) is 5.91 Å². The monoisotopic (exact) mass is 423 g/mol. The Kier molecular flexibility index (Phi) is 8.94. The van der Waals surface area contributed by atoms with Gasteiger partial charge in [0.25, 0.3) is 0 Å². The number of rotatable bonds is 10. The molecule has 2 aromatic carbocycles. The second-order valence-electron chi connectivity index (χ2n) is 7.87. The van der Waals surface area contributed by atoms with E-state index in [2.05, 4.69) is 45.4 Å². The number of nitrogens with zero attached hydrogens (tertiary/aromatic N) is 2.